The molecule has 0 aliphatic carbocycles. The van der Waals surface area contributed by atoms with Gasteiger partial charge in [-0.2, -0.15) is 5.10 Å². The van der Waals surface area contributed by atoms with Crippen LogP contribution in [0.2, 0.25) is 0 Å². The van der Waals surface area contributed by atoms with Crippen molar-refractivity contribution in [3.63, 3.8) is 0 Å². The van der Waals surface area contributed by atoms with Gasteiger partial charge >= 0.3 is 0 Å². The highest BCUT2D eigenvalue weighted by atomic mass is 15.3. The van der Waals surface area contributed by atoms with Crippen LogP contribution >= 0.6 is 0 Å². The van der Waals surface area contributed by atoms with Gasteiger partial charge in [0.1, 0.15) is 5.52 Å². The molecule has 3 heterocycles. The van der Waals surface area contributed by atoms with E-state index in [4.69, 9.17) is 5.73 Å². The van der Waals surface area contributed by atoms with Crippen molar-refractivity contribution in [1.29, 1.82) is 0 Å². The molecule has 1 aliphatic heterocycles. The third-order valence-electron chi connectivity index (χ3n) is 5.18. The topological polar surface area (TPSA) is 63.2 Å². The molecule has 0 unspecified atom stereocenters. The number of pyridine rings is 1. The minimum atomic E-state index is 0.235. The zero-order chi connectivity index (χ0) is 17.8. The lowest BCUT2D eigenvalue weighted by Crippen LogP contribution is -2.53. The predicted octanol–water partition coefficient (Wildman–Crippen LogP) is 2.62. The minimum Gasteiger partial charge on any atom is -0.382 e. The molecule has 1 saturated heterocycles. The largest absolute Gasteiger partial charge is 0.382 e. The average molecular weight is 338 g/mol. The molecule has 1 fully saturated rings. The number of aromatic nitrogens is 3. The van der Waals surface area contributed by atoms with Crippen LogP contribution in [0.1, 0.15) is 20.8 Å². The second kappa shape index (κ2) is 5.59. The van der Waals surface area contributed by atoms with Gasteiger partial charge < -0.3 is 10.6 Å². The van der Waals surface area contributed by atoms with Crippen LogP contribution in [0.5, 0.6) is 0 Å². The molecule has 0 bridgehead atoms. The maximum atomic E-state index is 6.07. The van der Waals surface area contributed by atoms with E-state index < -0.39 is 0 Å². The van der Waals surface area contributed by atoms with Crippen molar-refractivity contribution in [2.75, 3.05) is 36.8 Å². The molecule has 0 amide bonds. The number of anilines is 2. The molecule has 6 heteroatoms. The Morgan fingerprint density at radius 2 is 1.76 bits per heavy atom. The van der Waals surface area contributed by atoms with E-state index in [-0.39, 0.29) is 5.54 Å². The van der Waals surface area contributed by atoms with Crippen molar-refractivity contribution < 1.29 is 0 Å². The third kappa shape index (κ3) is 2.80. The van der Waals surface area contributed by atoms with E-state index in [9.17, 15) is 0 Å². The maximum Gasteiger partial charge on any atom is 0.152 e. The molecular weight excluding hydrogens is 312 g/mol. The number of rotatable bonds is 1. The number of nitrogens with zero attached hydrogens (tertiary/aromatic N) is 5. The van der Waals surface area contributed by atoms with Crippen molar-refractivity contribution in [2.24, 2.45) is 7.05 Å². The summed E-state index contributed by atoms with van der Waals surface area (Å²) in [6.45, 7) is 11.1. The molecule has 25 heavy (non-hydrogen) atoms. The minimum absolute atomic E-state index is 0.235. The first-order valence-corrected chi connectivity index (χ1v) is 8.85. The smallest absolute Gasteiger partial charge is 0.152 e. The summed E-state index contributed by atoms with van der Waals surface area (Å²) >= 11 is 0. The first kappa shape index (κ1) is 16.1. The number of fused-ring (bicyclic) bond motifs is 3. The van der Waals surface area contributed by atoms with Crippen LogP contribution in [0.15, 0.2) is 24.4 Å². The van der Waals surface area contributed by atoms with E-state index in [1.54, 1.807) is 4.68 Å². The lowest BCUT2D eigenvalue weighted by atomic mass is 10.0. The lowest BCUT2D eigenvalue weighted by Gasteiger charge is -2.43. The van der Waals surface area contributed by atoms with E-state index in [1.165, 1.54) is 5.69 Å². The molecule has 3 aromatic rings. The highest BCUT2D eigenvalue weighted by Crippen LogP contribution is 2.30. The van der Waals surface area contributed by atoms with Gasteiger partial charge in [0.15, 0.2) is 5.82 Å². The van der Waals surface area contributed by atoms with Crippen LogP contribution in [-0.2, 0) is 7.05 Å². The van der Waals surface area contributed by atoms with Gasteiger partial charge in [0.05, 0.1) is 5.52 Å². The van der Waals surface area contributed by atoms with E-state index in [0.29, 0.717) is 5.82 Å². The SMILES string of the molecule is Cn1cc2c(n1)c(N)nc1ccc(N3CCN(C(C)(C)C)CC3)cc12. The Morgan fingerprint density at radius 1 is 1.04 bits per heavy atom. The Kier molecular flexibility index (Phi) is 3.61. The molecule has 0 spiro atoms. The molecule has 0 saturated carbocycles. The summed E-state index contributed by atoms with van der Waals surface area (Å²) in [5.41, 5.74) is 9.26. The predicted molar refractivity (Wildman–Crippen MR) is 104 cm³/mol. The Hall–Kier alpha value is -2.34. The van der Waals surface area contributed by atoms with Crippen molar-refractivity contribution in [1.82, 2.24) is 19.7 Å². The number of benzene rings is 1. The van der Waals surface area contributed by atoms with Gasteiger partial charge in [0.25, 0.3) is 0 Å². The molecule has 2 N–H and O–H groups in total. The van der Waals surface area contributed by atoms with Crippen LogP contribution in [0.4, 0.5) is 11.5 Å². The molecule has 1 aromatic carbocycles. The van der Waals surface area contributed by atoms with Crippen LogP contribution < -0.4 is 10.6 Å². The molecule has 1 aliphatic rings. The number of aryl methyl sites for hydroxylation is 1. The fourth-order valence-electron chi connectivity index (χ4n) is 3.73. The summed E-state index contributed by atoms with van der Waals surface area (Å²) < 4.78 is 1.80. The van der Waals surface area contributed by atoms with Crippen molar-refractivity contribution in [3.8, 4) is 0 Å². The second-order valence-electron chi connectivity index (χ2n) is 7.91. The molecule has 6 nitrogen and oxygen atoms in total. The highest BCUT2D eigenvalue weighted by molar-refractivity contribution is 6.08. The van der Waals surface area contributed by atoms with E-state index >= 15 is 0 Å². The molecule has 4 rings (SSSR count). The normalized spacial score (nSPS) is 16.9. The Labute approximate surface area is 148 Å². The van der Waals surface area contributed by atoms with E-state index in [1.807, 2.05) is 13.2 Å². The fourth-order valence-corrected chi connectivity index (χ4v) is 3.73. The Morgan fingerprint density at radius 3 is 2.44 bits per heavy atom. The monoisotopic (exact) mass is 338 g/mol. The summed E-state index contributed by atoms with van der Waals surface area (Å²) in [4.78, 5) is 9.53. The Bertz CT molecular complexity index is 928. The van der Waals surface area contributed by atoms with Gasteiger partial charge in [-0.3, -0.25) is 9.58 Å². The first-order chi connectivity index (χ1) is 11.8. The second-order valence-corrected chi connectivity index (χ2v) is 7.91. The summed E-state index contributed by atoms with van der Waals surface area (Å²) in [6, 6.07) is 6.46. The molecule has 0 atom stereocenters. The van der Waals surface area contributed by atoms with Gasteiger partial charge in [-0.25, -0.2) is 4.98 Å². The van der Waals surface area contributed by atoms with E-state index in [0.717, 1.165) is 48.0 Å². The zero-order valence-electron chi connectivity index (χ0n) is 15.5. The molecule has 2 aromatic heterocycles. The van der Waals surface area contributed by atoms with Crippen molar-refractivity contribution in [2.45, 2.75) is 26.3 Å². The molecule has 132 valence electrons. The van der Waals surface area contributed by atoms with Gasteiger partial charge in [-0.15, -0.1) is 0 Å². The van der Waals surface area contributed by atoms with Gasteiger partial charge in [0.2, 0.25) is 0 Å². The summed E-state index contributed by atoms with van der Waals surface area (Å²) in [5, 5.41) is 6.64. The summed E-state index contributed by atoms with van der Waals surface area (Å²) in [5.74, 6) is 0.495. The van der Waals surface area contributed by atoms with Crippen molar-refractivity contribution in [3.05, 3.63) is 24.4 Å². The van der Waals surface area contributed by atoms with Crippen molar-refractivity contribution >= 4 is 33.3 Å². The summed E-state index contributed by atoms with van der Waals surface area (Å²) in [6.07, 6.45) is 2.02. The van der Waals surface area contributed by atoms with Gasteiger partial charge in [0, 0.05) is 61.4 Å². The number of piperazine rings is 1. The maximum absolute atomic E-state index is 6.07. The highest BCUT2D eigenvalue weighted by Gasteiger charge is 2.26. The summed E-state index contributed by atoms with van der Waals surface area (Å²) in [7, 11) is 1.92. The van der Waals surface area contributed by atoms with Crippen LogP contribution in [0.3, 0.4) is 0 Å². The number of hydrogen-bond acceptors (Lipinski definition) is 5. The number of nitrogen functional groups attached to an aromatic ring is 1. The quantitative estimate of drug-likeness (QED) is 0.739. The van der Waals surface area contributed by atoms with Crippen LogP contribution in [-0.4, -0.2) is 51.4 Å². The number of nitrogens with two attached hydrogens (primary N) is 1. The standard InChI is InChI=1S/C19H26N6/c1-19(2,3)25-9-7-24(8-10-25)13-5-6-16-14(11-13)15-12-23(4)22-17(15)18(20)21-16/h5-6,11-12H,7-10H2,1-4H3,(H2,20,21). The first-order valence-electron chi connectivity index (χ1n) is 8.85. The van der Waals surface area contributed by atoms with E-state index in [2.05, 4.69) is 58.9 Å². The fraction of sp³-hybridized carbons (Fsp3) is 0.474. The number of hydrogen-bond donors (Lipinski definition) is 1. The third-order valence-corrected chi connectivity index (χ3v) is 5.18. The Balaban J connectivity index is 1.70. The van der Waals surface area contributed by atoms with Gasteiger partial charge in [-0.05, 0) is 39.0 Å². The average Bonchev–Trinajstić information content (AvgIpc) is 2.97. The lowest BCUT2D eigenvalue weighted by molar-refractivity contribution is 0.128. The van der Waals surface area contributed by atoms with Crippen LogP contribution in [0, 0.1) is 0 Å². The van der Waals surface area contributed by atoms with Gasteiger partial charge in [-0.1, -0.05) is 0 Å². The zero-order valence-corrected chi connectivity index (χ0v) is 15.5. The molecule has 0 radical (unpaired) electrons. The molecular formula is C19H26N6. The van der Waals surface area contributed by atoms with Crippen LogP contribution in [0.25, 0.3) is 21.8 Å².